The van der Waals surface area contributed by atoms with Crippen molar-refractivity contribution in [2.24, 2.45) is 11.7 Å². The lowest BCUT2D eigenvalue weighted by molar-refractivity contribution is -0.146. The van der Waals surface area contributed by atoms with Crippen LogP contribution in [0, 0.1) is 19.8 Å². The summed E-state index contributed by atoms with van der Waals surface area (Å²) in [5.74, 6) is -0.518. The molecule has 0 bridgehead atoms. The molecule has 1 aliphatic heterocycles. The van der Waals surface area contributed by atoms with Crippen LogP contribution in [0.4, 0.5) is 24.8 Å². The summed E-state index contributed by atoms with van der Waals surface area (Å²) in [7, 11) is 0. The van der Waals surface area contributed by atoms with Crippen molar-refractivity contribution in [3.05, 3.63) is 40.8 Å². The number of pyridine rings is 1. The number of halogens is 3. The predicted molar refractivity (Wildman–Crippen MR) is 111 cm³/mol. The smallest absolute Gasteiger partial charge is 0.369 e. The van der Waals surface area contributed by atoms with Gasteiger partial charge in [-0.25, -0.2) is 4.98 Å². The minimum Gasteiger partial charge on any atom is -0.369 e. The molecule has 9 nitrogen and oxygen atoms in total. The second kappa shape index (κ2) is 8.24. The molecule has 3 aromatic heterocycles. The number of rotatable bonds is 5. The van der Waals surface area contributed by atoms with Crippen molar-refractivity contribution in [3.8, 4) is 0 Å². The number of carbonyl (C=O) groups is 1. The van der Waals surface area contributed by atoms with Crippen molar-refractivity contribution in [3.63, 3.8) is 0 Å². The van der Waals surface area contributed by atoms with E-state index in [9.17, 15) is 18.0 Å². The molecule has 1 aliphatic rings. The normalized spacial score (nSPS) is 15.3. The standard InChI is InChI=1S/C20H23F3N8O/c1-11-12(2)17-27-28-19(20(21,22)23)31(17)29-16(11)26-10-14-4-3-7-25-18(14)30-8-5-13(6-9-30)15(24)32/h3-4,7,13H,5-6,8-10H2,1-2H3,(H2,24,32)(H,26,29). The summed E-state index contributed by atoms with van der Waals surface area (Å²) in [5.41, 5.74) is 7.60. The van der Waals surface area contributed by atoms with Crippen molar-refractivity contribution in [1.82, 2.24) is 24.8 Å². The number of hydrogen-bond acceptors (Lipinski definition) is 7. The topological polar surface area (TPSA) is 114 Å². The first-order chi connectivity index (χ1) is 15.2. The number of amides is 1. The molecule has 3 aromatic rings. The predicted octanol–water partition coefficient (Wildman–Crippen LogP) is 2.47. The van der Waals surface area contributed by atoms with Crippen LogP contribution in [0.1, 0.15) is 35.4 Å². The zero-order valence-electron chi connectivity index (χ0n) is 17.6. The molecule has 32 heavy (non-hydrogen) atoms. The van der Waals surface area contributed by atoms with Crippen LogP contribution in [-0.2, 0) is 17.5 Å². The fourth-order valence-corrected chi connectivity index (χ4v) is 3.88. The maximum absolute atomic E-state index is 13.3. The van der Waals surface area contributed by atoms with E-state index in [2.05, 4.69) is 30.5 Å². The number of aromatic nitrogens is 5. The Bertz CT molecular complexity index is 1150. The van der Waals surface area contributed by atoms with Gasteiger partial charge in [0.15, 0.2) is 11.5 Å². The van der Waals surface area contributed by atoms with Gasteiger partial charge in [0.1, 0.15) is 5.82 Å². The molecule has 0 aromatic carbocycles. The van der Waals surface area contributed by atoms with E-state index in [4.69, 9.17) is 5.73 Å². The molecule has 0 unspecified atom stereocenters. The third kappa shape index (κ3) is 4.04. The fourth-order valence-electron chi connectivity index (χ4n) is 3.88. The molecule has 0 atom stereocenters. The Hall–Kier alpha value is -3.44. The van der Waals surface area contributed by atoms with Crippen molar-refractivity contribution < 1.29 is 18.0 Å². The molecule has 0 saturated carbocycles. The zero-order valence-corrected chi connectivity index (χ0v) is 17.6. The Kier molecular flexibility index (Phi) is 5.61. The quantitative estimate of drug-likeness (QED) is 0.616. The number of hydrogen-bond donors (Lipinski definition) is 2. The van der Waals surface area contributed by atoms with Gasteiger partial charge in [0.25, 0.3) is 5.82 Å². The van der Waals surface area contributed by atoms with Gasteiger partial charge >= 0.3 is 6.18 Å². The molecular formula is C20H23F3N8O. The average Bonchev–Trinajstić information content (AvgIpc) is 3.20. The molecule has 0 spiro atoms. The number of nitrogens with one attached hydrogen (secondary N) is 1. The lowest BCUT2D eigenvalue weighted by Gasteiger charge is -2.32. The summed E-state index contributed by atoms with van der Waals surface area (Å²) >= 11 is 0. The van der Waals surface area contributed by atoms with Crippen LogP contribution in [0.3, 0.4) is 0 Å². The first kappa shape index (κ1) is 21.8. The molecule has 1 amide bonds. The number of primary amides is 1. The van der Waals surface area contributed by atoms with E-state index >= 15 is 0 Å². The first-order valence-corrected chi connectivity index (χ1v) is 10.2. The third-order valence-electron chi connectivity index (χ3n) is 5.86. The van der Waals surface area contributed by atoms with Gasteiger partial charge in [-0.1, -0.05) is 6.07 Å². The maximum atomic E-state index is 13.3. The summed E-state index contributed by atoms with van der Waals surface area (Å²) in [5, 5.41) is 14.2. The molecular weight excluding hydrogens is 425 g/mol. The highest BCUT2D eigenvalue weighted by Gasteiger charge is 2.38. The molecule has 3 N–H and O–H groups in total. The van der Waals surface area contributed by atoms with Gasteiger partial charge < -0.3 is 16.0 Å². The molecule has 170 valence electrons. The van der Waals surface area contributed by atoms with Crippen molar-refractivity contribution in [2.75, 3.05) is 23.3 Å². The van der Waals surface area contributed by atoms with Crippen LogP contribution in [0.25, 0.3) is 5.65 Å². The van der Waals surface area contributed by atoms with E-state index in [1.807, 2.05) is 6.07 Å². The average molecular weight is 448 g/mol. The van der Waals surface area contributed by atoms with E-state index in [1.165, 1.54) is 0 Å². The fraction of sp³-hybridized carbons (Fsp3) is 0.450. The number of aryl methyl sites for hydroxylation is 1. The van der Waals surface area contributed by atoms with Gasteiger partial charge in [-0.2, -0.15) is 17.7 Å². The number of nitrogens with zero attached hydrogens (tertiary/aromatic N) is 6. The molecule has 0 aliphatic carbocycles. The number of piperidine rings is 1. The van der Waals surface area contributed by atoms with E-state index in [-0.39, 0.29) is 17.5 Å². The Balaban J connectivity index is 1.58. The van der Waals surface area contributed by atoms with E-state index < -0.39 is 12.0 Å². The molecule has 0 radical (unpaired) electrons. The monoisotopic (exact) mass is 448 g/mol. The summed E-state index contributed by atoms with van der Waals surface area (Å²) in [6.07, 6.45) is -1.67. The zero-order chi connectivity index (χ0) is 23.0. The van der Waals surface area contributed by atoms with E-state index in [0.29, 0.717) is 49.4 Å². The molecule has 12 heteroatoms. The number of carbonyl (C=O) groups excluding carboxylic acids is 1. The second-order valence-corrected chi connectivity index (χ2v) is 7.86. The molecule has 1 saturated heterocycles. The summed E-state index contributed by atoms with van der Waals surface area (Å²) < 4.78 is 40.6. The Morgan fingerprint density at radius 2 is 1.94 bits per heavy atom. The summed E-state index contributed by atoms with van der Waals surface area (Å²) in [6.45, 7) is 5.06. The SMILES string of the molecule is Cc1c(NCc2cccnc2N2CCC(C(N)=O)CC2)nn2c(C(F)(F)F)nnc2c1C. The molecule has 4 rings (SSSR count). The molecule has 1 fully saturated rings. The Morgan fingerprint density at radius 3 is 2.59 bits per heavy atom. The third-order valence-corrected chi connectivity index (χ3v) is 5.86. The van der Waals surface area contributed by atoms with Crippen LogP contribution in [0.15, 0.2) is 18.3 Å². The van der Waals surface area contributed by atoms with Crippen LogP contribution >= 0.6 is 0 Å². The van der Waals surface area contributed by atoms with E-state index in [0.717, 1.165) is 15.9 Å². The maximum Gasteiger partial charge on any atom is 0.453 e. The first-order valence-electron chi connectivity index (χ1n) is 10.2. The van der Waals surface area contributed by atoms with Gasteiger partial charge in [0, 0.05) is 42.9 Å². The highest BCUT2D eigenvalue weighted by molar-refractivity contribution is 5.77. The summed E-state index contributed by atoms with van der Waals surface area (Å²) in [6, 6.07) is 3.70. The Labute approximate surface area is 181 Å². The van der Waals surface area contributed by atoms with Crippen LogP contribution < -0.4 is 16.0 Å². The van der Waals surface area contributed by atoms with Gasteiger partial charge in [0.05, 0.1) is 0 Å². The van der Waals surface area contributed by atoms with Crippen LogP contribution in [0.2, 0.25) is 0 Å². The number of nitrogens with two attached hydrogens (primary N) is 1. The van der Waals surface area contributed by atoms with Crippen molar-refractivity contribution in [2.45, 2.75) is 39.4 Å². The van der Waals surface area contributed by atoms with Crippen molar-refractivity contribution in [1.29, 1.82) is 0 Å². The Morgan fingerprint density at radius 1 is 1.22 bits per heavy atom. The highest BCUT2D eigenvalue weighted by Crippen LogP contribution is 2.30. The number of anilines is 2. The minimum atomic E-state index is -4.67. The van der Waals surface area contributed by atoms with Gasteiger partial charge in [-0.15, -0.1) is 15.3 Å². The highest BCUT2D eigenvalue weighted by atomic mass is 19.4. The van der Waals surface area contributed by atoms with E-state index in [1.54, 1.807) is 26.1 Å². The second-order valence-electron chi connectivity index (χ2n) is 7.86. The number of fused-ring (bicyclic) bond motifs is 1. The van der Waals surface area contributed by atoms with Crippen molar-refractivity contribution >= 4 is 23.2 Å². The summed E-state index contributed by atoms with van der Waals surface area (Å²) in [4.78, 5) is 18.0. The lowest BCUT2D eigenvalue weighted by Crippen LogP contribution is -2.39. The largest absolute Gasteiger partial charge is 0.453 e. The van der Waals surface area contributed by atoms with Gasteiger partial charge in [-0.3, -0.25) is 4.79 Å². The van der Waals surface area contributed by atoms with Crippen LogP contribution in [-0.4, -0.2) is 43.8 Å². The van der Waals surface area contributed by atoms with Crippen LogP contribution in [0.5, 0.6) is 0 Å². The minimum absolute atomic E-state index is 0.0692. The molecule has 4 heterocycles. The lowest BCUT2D eigenvalue weighted by atomic mass is 9.96. The van der Waals surface area contributed by atoms with Gasteiger partial charge in [-0.05, 0) is 38.3 Å². The van der Waals surface area contributed by atoms with Gasteiger partial charge in [0.2, 0.25) is 5.91 Å². The number of alkyl halides is 3.